The van der Waals surface area contributed by atoms with Crippen molar-refractivity contribution in [2.24, 2.45) is 5.73 Å². The van der Waals surface area contributed by atoms with Crippen LogP contribution in [0, 0.1) is 0 Å². The van der Waals surface area contributed by atoms with Crippen LogP contribution in [0.1, 0.15) is 18.5 Å². The first kappa shape index (κ1) is 15.2. The number of nitrogens with zero attached hydrogens (tertiary/aromatic N) is 1. The van der Waals surface area contributed by atoms with Gasteiger partial charge < -0.3 is 10.6 Å². The van der Waals surface area contributed by atoms with Crippen LogP contribution in [0.2, 0.25) is 5.02 Å². The van der Waals surface area contributed by atoms with Gasteiger partial charge in [0.1, 0.15) is 0 Å². The highest BCUT2D eigenvalue weighted by atomic mass is 35.5. The first-order valence-electron chi connectivity index (χ1n) is 4.77. The summed E-state index contributed by atoms with van der Waals surface area (Å²) in [5.74, 6) is -0.0810. The first-order chi connectivity index (χ1) is 7.06. The van der Waals surface area contributed by atoms with Crippen molar-refractivity contribution in [3.8, 4) is 0 Å². The lowest BCUT2D eigenvalue weighted by Crippen LogP contribution is -2.34. The molecule has 1 aromatic rings. The van der Waals surface area contributed by atoms with E-state index in [0.717, 1.165) is 5.56 Å². The summed E-state index contributed by atoms with van der Waals surface area (Å²) >= 11 is 5.88. The number of carbonyl (C=O) groups excluding carboxylic acids is 1. The molecule has 1 rings (SSSR count). The van der Waals surface area contributed by atoms with Crippen molar-refractivity contribution in [2.45, 2.75) is 13.0 Å². The molecule has 0 aliphatic rings. The summed E-state index contributed by atoms with van der Waals surface area (Å²) in [6.45, 7) is 1.97. The number of nitrogens with two attached hydrogens (primary N) is 1. The maximum Gasteiger partial charge on any atom is 0.236 e. The number of rotatable bonds is 3. The van der Waals surface area contributed by atoms with Gasteiger partial charge in [-0.1, -0.05) is 23.7 Å². The van der Waals surface area contributed by atoms with E-state index in [1.807, 2.05) is 31.2 Å². The third kappa shape index (κ3) is 3.67. The number of benzene rings is 1. The fourth-order valence-electron chi connectivity index (χ4n) is 1.35. The second kappa shape index (κ2) is 6.74. The molecule has 1 atom stereocenters. The molecule has 0 saturated carbocycles. The summed E-state index contributed by atoms with van der Waals surface area (Å²) in [5.41, 5.74) is 6.31. The molecular formula is C11H16Cl2N2O. The molecule has 0 aromatic heterocycles. The maximum atomic E-state index is 11.4. The van der Waals surface area contributed by atoms with Gasteiger partial charge in [-0.15, -0.1) is 12.4 Å². The highest BCUT2D eigenvalue weighted by molar-refractivity contribution is 6.30. The Labute approximate surface area is 107 Å². The highest BCUT2D eigenvalue weighted by Gasteiger charge is 2.15. The van der Waals surface area contributed by atoms with E-state index in [1.54, 1.807) is 11.9 Å². The molecule has 0 heterocycles. The minimum Gasteiger partial charge on any atom is -0.338 e. The molecule has 0 saturated heterocycles. The second-order valence-electron chi connectivity index (χ2n) is 3.44. The molecule has 5 heteroatoms. The molecular weight excluding hydrogens is 247 g/mol. The van der Waals surface area contributed by atoms with E-state index < -0.39 is 0 Å². The van der Waals surface area contributed by atoms with Gasteiger partial charge in [0.2, 0.25) is 5.91 Å². The van der Waals surface area contributed by atoms with E-state index in [0.29, 0.717) is 5.02 Å². The van der Waals surface area contributed by atoms with Gasteiger partial charge in [-0.25, -0.2) is 0 Å². The predicted molar refractivity (Wildman–Crippen MR) is 68.9 cm³/mol. The fraction of sp³-hybridized carbons (Fsp3) is 0.364. The van der Waals surface area contributed by atoms with E-state index in [-0.39, 0.29) is 30.9 Å². The summed E-state index contributed by atoms with van der Waals surface area (Å²) < 4.78 is 0. The normalized spacial score (nSPS) is 11.5. The number of hydrogen-bond acceptors (Lipinski definition) is 2. The topological polar surface area (TPSA) is 46.3 Å². The van der Waals surface area contributed by atoms with Crippen LogP contribution in [0.3, 0.4) is 0 Å². The summed E-state index contributed by atoms with van der Waals surface area (Å²) in [5, 5.41) is 0.674. The summed E-state index contributed by atoms with van der Waals surface area (Å²) in [6.07, 6.45) is 0. The number of hydrogen-bond donors (Lipinski definition) is 1. The molecule has 1 unspecified atom stereocenters. The fourth-order valence-corrected chi connectivity index (χ4v) is 1.55. The Bertz CT molecular complexity index is 358. The molecule has 90 valence electrons. The Hall–Kier alpha value is -0.770. The molecule has 0 aliphatic heterocycles. The molecule has 3 nitrogen and oxygen atoms in total. The Kier molecular flexibility index (Phi) is 6.41. The lowest BCUT2D eigenvalue weighted by Gasteiger charge is -2.24. The smallest absolute Gasteiger partial charge is 0.236 e. The van der Waals surface area contributed by atoms with Gasteiger partial charge in [-0.3, -0.25) is 4.79 Å². The van der Waals surface area contributed by atoms with Crippen LogP contribution in [-0.4, -0.2) is 24.4 Å². The van der Waals surface area contributed by atoms with Crippen molar-refractivity contribution >= 4 is 29.9 Å². The van der Waals surface area contributed by atoms with Crippen LogP contribution in [-0.2, 0) is 4.79 Å². The van der Waals surface area contributed by atoms with Gasteiger partial charge in [-0.05, 0) is 24.6 Å². The lowest BCUT2D eigenvalue weighted by molar-refractivity contribution is -0.130. The zero-order valence-electron chi connectivity index (χ0n) is 9.31. The van der Waals surface area contributed by atoms with Crippen molar-refractivity contribution in [3.05, 3.63) is 34.9 Å². The van der Waals surface area contributed by atoms with E-state index >= 15 is 0 Å². The molecule has 0 aliphatic carbocycles. The van der Waals surface area contributed by atoms with E-state index in [2.05, 4.69) is 0 Å². The molecule has 0 radical (unpaired) electrons. The van der Waals surface area contributed by atoms with Crippen molar-refractivity contribution < 1.29 is 4.79 Å². The lowest BCUT2D eigenvalue weighted by atomic mass is 10.1. The standard InChI is InChI=1S/C11H15ClN2O.ClH/c1-8(14(2)11(15)7-13)9-4-3-5-10(12)6-9;/h3-6,8H,7,13H2,1-2H3;1H. The monoisotopic (exact) mass is 262 g/mol. The van der Waals surface area contributed by atoms with Gasteiger partial charge in [0, 0.05) is 12.1 Å². The predicted octanol–water partition coefficient (Wildman–Crippen LogP) is 2.24. The van der Waals surface area contributed by atoms with Crippen LogP contribution in [0.5, 0.6) is 0 Å². The van der Waals surface area contributed by atoms with Crippen molar-refractivity contribution in [1.29, 1.82) is 0 Å². The summed E-state index contributed by atoms with van der Waals surface area (Å²) in [6, 6.07) is 7.46. The molecule has 16 heavy (non-hydrogen) atoms. The van der Waals surface area contributed by atoms with Gasteiger partial charge in [-0.2, -0.15) is 0 Å². The van der Waals surface area contributed by atoms with Crippen molar-refractivity contribution in [2.75, 3.05) is 13.6 Å². The van der Waals surface area contributed by atoms with Gasteiger partial charge in [0.25, 0.3) is 0 Å². The van der Waals surface area contributed by atoms with Crippen LogP contribution in [0.15, 0.2) is 24.3 Å². The van der Waals surface area contributed by atoms with Gasteiger partial charge in [0.15, 0.2) is 0 Å². The molecule has 2 N–H and O–H groups in total. The average molecular weight is 263 g/mol. The SMILES string of the molecule is CC(c1cccc(Cl)c1)N(C)C(=O)CN.Cl. The van der Waals surface area contributed by atoms with Crippen LogP contribution in [0.25, 0.3) is 0 Å². The largest absolute Gasteiger partial charge is 0.338 e. The summed E-state index contributed by atoms with van der Waals surface area (Å²) in [4.78, 5) is 13.0. The van der Waals surface area contributed by atoms with E-state index in [9.17, 15) is 4.79 Å². The second-order valence-corrected chi connectivity index (χ2v) is 3.88. The Morgan fingerprint density at radius 3 is 2.69 bits per heavy atom. The zero-order chi connectivity index (χ0) is 11.4. The molecule has 1 amide bonds. The minimum atomic E-state index is -0.0810. The van der Waals surface area contributed by atoms with Crippen molar-refractivity contribution in [3.63, 3.8) is 0 Å². The highest BCUT2D eigenvalue weighted by Crippen LogP contribution is 2.21. The minimum absolute atomic E-state index is 0. The number of likely N-dealkylation sites (N-methyl/N-ethyl adjacent to an activating group) is 1. The quantitative estimate of drug-likeness (QED) is 0.909. The van der Waals surface area contributed by atoms with Gasteiger partial charge in [0.05, 0.1) is 12.6 Å². The van der Waals surface area contributed by atoms with Crippen LogP contribution >= 0.6 is 24.0 Å². The third-order valence-corrected chi connectivity index (χ3v) is 2.72. The van der Waals surface area contributed by atoms with Gasteiger partial charge >= 0.3 is 0 Å². The number of amides is 1. The Balaban J connectivity index is 0.00000225. The molecule has 0 bridgehead atoms. The average Bonchev–Trinajstić information content (AvgIpc) is 2.26. The molecule has 0 spiro atoms. The molecule has 1 aromatic carbocycles. The maximum absolute atomic E-state index is 11.4. The zero-order valence-corrected chi connectivity index (χ0v) is 10.9. The van der Waals surface area contributed by atoms with Crippen LogP contribution < -0.4 is 5.73 Å². The third-order valence-electron chi connectivity index (χ3n) is 2.48. The number of halogens is 2. The Morgan fingerprint density at radius 2 is 2.19 bits per heavy atom. The first-order valence-corrected chi connectivity index (χ1v) is 5.15. The number of carbonyl (C=O) groups is 1. The van der Waals surface area contributed by atoms with E-state index in [1.165, 1.54) is 0 Å². The molecule has 0 fully saturated rings. The van der Waals surface area contributed by atoms with Crippen LogP contribution in [0.4, 0.5) is 0 Å². The van der Waals surface area contributed by atoms with Crippen molar-refractivity contribution in [1.82, 2.24) is 4.90 Å². The Morgan fingerprint density at radius 1 is 1.56 bits per heavy atom. The van der Waals surface area contributed by atoms with E-state index in [4.69, 9.17) is 17.3 Å². The summed E-state index contributed by atoms with van der Waals surface area (Å²) in [7, 11) is 1.74.